The Labute approximate surface area is 110 Å². The summed E-state index contributed by atoms with van der Waals surface area (Å²) in [6.07, 6.45) is 2.52. The lowest BCUT2D eigenvalue weighted by atomic mass is 10.2. The maximum atomic E-state index is 8.82. The highest BCUT2D eigenvalue weighted by atomic mass is 32.2. The minimum Gasteiger partial charge on any atom is -0.409 e. The summed E-state index contributed by atoms with van der Waals surface area (Å²) in [4.78, 5) is 0. The predicted octanol–water partition coefficient (Wildman–Crippen LogP) is 1.09. The van der Waals surface area contributed by atoms with E-state index >= 15 is 0 Å². The van der Waals surface area contributed by atoms with Crippen LogP contribution in [0.3, 0.4) is 0 Å². The predicted molar refractivity (Wildman–Crippen MR) is 70.2 cm³/mol. The lowest BCUT2D eigenvalue weighted by Crippen LogP contribution is -2.16. The Hall–Kier alpha value is -1.21. The maximum absolute atomic E-state index is 8.82. The normalized spacial score (nSPS) is 20.6. The zero-order valence-electron chi connectivity index (χ0n) is 10.6. The number of thioether (sulfide) groups is 1. The number of aryl methyl sites for hydroxylation is 2. The molecular weight excluding hydrogens is 252 g/mol. The Bertz CT molecular complexity index is 452. The van der Waals surface area contributed by atoms with Gasteiger partial charge in [0.15, 0.2) is 5.84 Å². The van der Waals surface area contributed by atoms with Crippen LogP contribution in [-0.2, 0) is 11.8 Å². The molecule has 0 spiro atoms. The Morgan fingerprint density at radius 1 is 1.72 bits per heavy atom. The van der Waals surface area contributed by atoms with Crippen LogP contribution >= 0.6 is 11.8 Å². The van der Waals surface area contributed by atoms with Crippen LogP contribution < -0.4 is 5.73 Å². The summed E-state index contributed by atoms with van der Waals surface area (Å²) in [6, 6.07) is 0. The van der Waals surface area contributed by atoms with Crippen LogP contribution in [0.25, 0.3) is 0 Å². The highest BCUT2D eigenvalue weighted by Crippen LogP contribution is 2.28. The van der Waals surface area contributed by atoms with E-state index in [1.165, 1.54) is 0 Å². The van der Waals surface area contributed by atoms with Crippen molar-refractivity contribution in [3.8, 4) is 0 Å². The number of nitrogens with two attached hydrogens (primary N) is 1. The molecule has 0 aromatic carbocycles. The number of amidine groups is 1. The third-order valence-electron chi connectivity index (χ3n) is 2.96. The van der Waals surface area contributed by atoms with Crippen LogP contribution in [0.2, 0.25) is 0 Å². The van der Waals surface area contributed by atoms with E-state index < -0.39 is 0 Å². The zero-order chi connectivity index (χ0) is 13.1. The fourth-order valence-electron chi connectivity index (χ4n) is 2.10. The van der Waals surface area contributed by atoms with Gasteiger partial charge < -0.3 is 15.7 Å². The molecule has 0 aliphatic carbocycles. The van der Waals surface area contributed by atoms with E-state index in [1.807, 2.05) is 14.0 Å². The van der Waals surface area contributed by atoms with Gasteiger partial charge in [0, 0.05) is 19.4 Å². The molecule has 1 atom stereocenters. The second-order valence-corrected chi connectivity index (χ2v) is 5.33. The molecule has 3 N–H and O–H groups in total. The highest BCUT2D eigenvalue weighted by molar-refractivity contribution is 7.99. The van der Waals surface area contributed by atoms with Gasteiger partial charge in [0.2, 0.25) is 0 Å². The topological polar surface area (TPSA) is 85.7 Å². The molecule has 0 radical (unpaired) electrons. The van der Waals surface area contributed by atoms with Crippen LogP contribution in [0.4, 0.5) is 0 Å². The third kappa shape index (κ3) is 2.62. The number of oxime groups is 1. The van der Waals surface area contributed by atoms with Crippen LogP contribution in [0.5, 0.6) is 0 Å². The average Bonchev–Trinajstić information content (AvgIpc) is 2.94. The average molecular weight is 270 g/mol. The molecule has 18 heavy (non-hydrogen) atoms. The number of hydrogen-bond donors (Lipinski definition) is 2. The van der Waals surface area contributed by atoms with Gasteiger partial charge in [0.25, 0.3) is 0 Å². The monoisotopic (exact) mass is 270 g/mol. The molecule has 2 rings (SSSR count). The molecule has 1 aliphatic heterocycles. The first-order chi connectivity index (χ1) is 8.63. The van der Waals surface area contributed by atoms with E-state index in [0.717, 1.165) is 35.9 Å². The molecule has 1 fully saturated rings. The second-order valence-electron chi connectivity index (χ2n) is 4.32. The minimum atomic E-state index is 0.107. The first kappa shape index (κ1) is 13.2. The van der Waals surface area contributed by atoms with Crippen LogP contribution in [-0.4, -0.2) is 39.3 Å². The van der Waals surface area contributed by atoms with Crippen LogP contribution in [0.1, 0.15) is 24.1 Å². The number of aromatic nitrogens is 2. The number of rotatable bonds is 4. The molecule has 0 saturated carbocycles. The highest BCUT2D eigenvalue weighted by Gasteiger charge is 2.21. The van der Waals surface area contributed by atoms with E-state index in [9.17, 15) is 0 Å². The Morgan fingerprint density at radius 2 is 2.50 bits per heavy atom. The van der Waals surface area contributed by atoms with E-state index in [-0.39, 0.29) is 5.84 Å². The fraction of sp³-hybridized carbons (Fsp3) is 0.636. The third-order valence-corrected chi connectivity index (χ3v) is 4.24. The molecule has 6 nitrogen and oxygen atoms in total. The van der Waals surface area contributed by atoms with Crippen molar-refractivity contribution in [1.82, 2.24) is 9.78 Å². The summed E-state index contributed by atoms with van der Waals surface area (Å²) in [5.41, 5.74) is 7.17. The van der Waals surface area contributed by atoms with Crippen molar-refractivity contribution in [2.75, 3.05) is 12.4 Å². The number of hydrogen-bond acceptors (Lipinski definition) is 5. The van der Waals surface area contributed by atoms with Gasteiger partial charge in [0.05, 0.1) is 17.4 Å². The SMILES string of the molecule is Cc1nn(C)c(SCC2CCCO2)c1C(N)=NO. The smallest absolute Gasteiger partial charge is 0.174 e. The molecule has 1 aliphatic rings. The summed E-state index contributed by atoms with van der Waals surface area (Å²) < 4.78 is 7.35. The lowest BCUT2D eigenvalue weighted by Gasteiger charge is -2.10. The van der Waals surface area contributed by atoms with Gasteiger partial charge in [-0.1, -0.05) is 5.16 Å². The largest absolute Gasteiger partial charge is 0.409 e. The quantitative estimate of drug-likeness (QED) is 0.281. The van der Waals surface area contributed by atoms with Gasteiger partial charge in [-0.2, -0.15) is 5.10 Å². The standard InChI is InChI=1S/C11H18N4O2S/c1-7-9(10(12)14-16)11(15(2)13-7)18-6-8-4-3-5-17-8/h8,16H,3-6H2,1-2H3,(H2,12,14). The first-order valence-electron chi connectivity index (χ1n) is 5.89. The molecule has 2 heterocycles. The Morgan fingerprint density at radius 3 is 3.11 bits per heavy atom. The summed E-state index contributed by atoms with van der Waals surface area (Å²) in [5.74, 6) is 0.973. The van der Waals surface area contributed by atoms with E-state index in [2.05, 4.69) is 10.3 Å². The molecule has 1 unspecified atom stereocenters. The molecule has 100 valence electrons. The fourth-order valence-corrected chi connectivity index (χ4v) is 3.33. The maximum Gasteiger partial charge on any atom is 0.174 e. The van der Waals surface area contributed by atoms with E-state index in [4.69, 9.17) is 15.7 Å². The van der Waals surface area contributed by atoms with E-state index in [0.29, 0.717) is 11.7 Å². The molecule has 1 saturated heterocycles. The lowest BCUT2D eigenvalue weighted by molar-refractivity contribution is 0.129. The molecular formula is C11H18N4O2S. The zero-order valence-corrected chi connectivity index (χ0v) is 11.4. The van der Waals surface area contributed by atoms with Gasteiger partial charge in [-0.05, 0) is 19.8 Å². The summed E-state index contributed by atoms with van der Waals surface area (Å²) in [6.45, 7) is 2.70. The molecule has 0 bridgehead atoms. The van der Waals surface area contributed by atoms with Crippen molar-refractivity contribution in [3.05, 3.63) is 11.3 Å². The number of nitrogens with zero attached hydrogens (tertiary/aromatic N) is 3. The molecule has 1 aromatic rings. The van der Waals surface area contributed by atoms with Crippen molar-refractivity contribution < 1.29 is 9.94 Å². The minimum absolute atomic E-state index is 0.107. The summed E-state index contributed by atoms with van der Waals surface area (Å²) in [7, 11) is 1.86. The second kappa shape index (κ2) is 5.62. The summed E-state index contributed by atoms with van der Waals surface area (Å²) in [5, 5.41) is 17.1. The van der Waals surface area contributed by atoms with Gasteiger partial charge in [-0.3, -0.25) is 4.68 Å². The first-order valence-corrected chi connectivity index (χ1v) is 6.88. The van der Waals surface area contributed by atoms with Crippen molar-refractivity contribution in [2.45, 2.75) is 30.9 Å². The Balaban J connectivity index is 2.15. The van der Waals surface area contributed by atoms with Crippen molar-refractivity contribution in [2.24, 2.45) is 17.9 Å². The van der Waals surface area contributed by atoms with Crippen molar-refractivity contribution in [3.63, 3.8) is 0 Å². The molecule has 0 amide bonds. The summed E-state index contributed by atoms with van der Waals surface area (Å²) >= 11 is 1.64. The van der Waals surface area contributed by atoms with Gasteiger partial charge >= 0.3 is 0 Å². The molecule has 7 heteroatoms. The Kier molecular flexibility index (Phi) is 4.13. The van der Waals surface area contributed by atoms with Crippen molar-refractivity contribution in [1.29, 1.82) is 0 Å². The van der Waals surface area contributed by atoms with E-state index in [1.54, 1.807) is 16.4 Å². The van der Waals surface area contributed by atoms with Gasteiger partial charge in [-0.25, -0.2) is 0 Å². The van der Waals surface area contributed by atoms with Crippen molar-refractivity contribution >= 4 is 17.6 Å². The van der Waals surface area contributed by atoms with Gasteiger partial charge in [0.1, 0.15) is 5.03 Å². The van der Waals surface area contributed by atoms with Crippen LogP contribution in [0, 0.1) is 6.92 Å². The number of ether oxygens (including phenoxy) is 1. The van der Waals surface area contributed by atoms with Crippen LogP contribution in [0.15, 0.2) is 10.2 Å². The molecule has 1 aromatic heterocycles. The van der Waals surface area contributed by atoms with Gasteiger partial charge in [-0.15, -0.1) is 11.8 Å².